The Morgan fingerprint density at radius 3 is 2.60 bits per heavy atom. The molecule has 5 rings (SSSR count). The number of fused-ring (bicyclic) bond motifs is 2. The minimum Gasteiger partial charge on any atom is -0.463 e. The van der Waals surface area contributed by atoms with Crippen LogP contribution in [0.2, 0.25) is 0 Å². The van der Waals surface area contributed by atoms with Gasteiger partial charge in [0.1, 0.15) is 23.7 Å². The number of ether oxygens (including phenoxy) is 1. The number of nitrogens with zero attached hydrogens (tertiary/aromatic N) is 1. The van der Waals surface area contributed by atoms with Crippen LogP contribution in [0.4, 0.5) is 5.69 Å². The number of nitrogens with one attached hydrogen (secondary N) is 3. The maximum absolute atomic E-state index is 14.2. The fourth-order valence-electron chi connectivity index (χ4n) is 6.31. The lowest BCUT2D eigenvalue weighted by atomic mass is 9.87. The molecule has 4 aliphatic rings. The van der Waals surface area contributed by atoms with Gasteiger partial charge in [-0.05, 0) is 68.6 Å². The molecule has 1 aromatic carbocycles. The Kier molecular flexibility index (Phi) is 9.09. The van der Waals surface area contributed by atoms with E-state index in [1.54, 1.807) is 6.92 Å². The number of anilines is 1. The van der Waals surface area contributed by atoms with Crippen LogP contribution in [-0.2, 0) is 39.4 Å². The summed E-state index contributed by atoms with van der Waals surface area (Å²) in [7, 11) is -3.93. The third kappa shape index (κ3) is 7.05. The van der Waals surface area contributed by atoms with Crippen molar-refractivity contribution in [3.63, 3.8) is 0 Å². The van der Waals surface area contributed by atoms with Gasteiger partial charge in [0.2, 0.25) is 21.8 Å². The average Bonchev–Trinajstić information content (AvgIpc) is 3.85. The van der Waals surface area contributed by atoms with Gasteiger partial charge in [-0.15, -0.1) is 0 Å². The molecule has 2 saturated carbocycles. The van der Waals surface area contributed by atoms with E-state index in [1.807, 2.05) is 36.4 Å². The third-order valence-corrected chi connectivity index (χ3v) is 12.0. The van der Waals surface area contributed by atoms with Gasteiger partial charge < -0.3 is 20.3 Å². The second-order valence-corrected chi connectivity index (χ2v) is 16.5. The molecule has 1 aromatic rings. The maximum atomic E-state index is 14.2. The van der Waals surface area contributed by atoms with E-state index >= 15 is 0 Å². The van der Waals surface area contributed by atoms with Crippen molar-refractivity contribution in [1.82, 2.24) is 14.9 Å². The van der Waals surface area contributed by atoms with Crippen molar-refractivity contribution in [2.75, 3.05) is 11.9 Å². The lowest BCUT2D eigenvalue weighted by Crippen LogP contribution is -2.58. The third-order valence-electron chi connectivity index (χ3n) is 9.79. The van der Waals surface area contributed by atoms with Crippen molar-refractivity contribution in [3.05, 3.63) is 42.0 Å². The Bertz CT molecular complexity index is 1470. The highest BCUT2D eigenvalue weighted by molar-refractivity contribution is 7.91. The van der Waals surface area contributed by atoms with E-state index in [0.29, 0.717) is 25.7 Å². The second kappa shape index (κ2) is 12.4. The first-order valence-corrected chi connectivity index (χ1v) is 17.5. The van der Waals surface area contributed by atoms with Crippen LogP contribution >= 0.6 is 0 Å². The van der Waals surface area contributed by atoms with Gasteiger partial charge in [0.15, 0.2) is 0 Å². The average molecular weight is 643 g/mol. The fourth-order valence-corrected chi connectivity index (χ4v) is 7.63. The van der Waals surface area contributed by atoms with Crippen LogP contribution < -0.4 is 15.4 Å². The molecule has 0 radical (unpaired) electrons. The van der Waals surface area contributed by atoms with E-state index in [0.717, 1.165) is 36.9 Å². The number of hydrogen-bond acceptors (Lipinski definition) is 8. The van der Waals surface area contributed by atoms with E-state index in [-0.39, 0.29) is 36.6 Å². The molecular formula is C33H46N4O7S. The highest BCUT2D eigenvalue weighted by Gasteiger charge is 2.63. The first-order valence-electron chi connectivity index (χ1n) is 16.0. The van der Waals surface area contributed by atoms with Crippen LogP contribution in [0.25, 0.3) is 0 Å². The first-order chi connectivity index (χ1) is 21.2. The summed E-state index contributed by atoms with van der Waals surface area (Å²) in [6.45, 7) is 8.30. The quantitative estimate of drug-likeness (QED) is 0.303. The van der Waals surface area contributed by atoms with Gasteiger partial charge >= 0.3 is 0 Å². The molecule has 2 aliphatic heterocycles. The van der Waals surface area contributed by atoms with Crippen LogP contribution in [0.5, 0.6) is 0 Å². The fraction of sp³-hybridized carbons (Fsp3) is 0.636. The molecule has 2 heterocycles. The molecule has 0 bridgehead atoms. The van der Waals surface area contributed by atoms with E-state index in [9.17, 15) is 27.6 Å². The summed E-state index contributed by atoms with van der Waals surface area (Å²) in [4.78, 5) is 54.4. The Morgan fingerprint density at radius 1 is 1.16 bits per heavy atom. The predicted molar refractivity (Wildman–Crippen MR) is 170 cm³/mol. The molecule has 3 fully saturated rings. The van der Waals surface area contributed by atoms with Gasteiger partial charge in [0.25, 0.3) is 12.4 Å². The maximum Gasteiger partial charge on any atom is 0.293 e. The molecule has 2 aliphatic carbocycles. The van der Waals surface area contributed by atoms with Gasteiger partial charge in [0.05, 0.1) is 11.3 Å². The van der Waals surface area contributed by atoms with Gasteiger partial charge in [-0.25, -0.2) is 8.42 Å². The van der Waals surface area contributed by atoms with Crippen molar-refractivity contribution in [1.29, 1.82) is 0 Å². The zero-order valence-electron chi connectivity index (χ0n) is 26.6. The molecule has 246 valence electrons. The minimum absolute atomic E-state index is 0.0329. The Balaban J connectivity index is 1.43. The monoisotopic (exact) mass is 642 g/mol. The normalized spacial score (nSPS) is 30.8. The zero-order valence-corrected chi connectivity index (χ0v) is 27.5. The largest absolute Gasteiger partial charge is 0.463 e. The number of carbonyl (C=O) groups excluding carboxylic acids is 4. The van der Waals surface area contributed by atoms with E-state index < -0.39 is 50.3 Å². The van der Waals surface area contributed by atoms with Crippen molar-refractivity contribution in [2.45, 2.75) is 119 Å². The topological polar surface area (TPSA) is 151 Å². The van der Waals surface area contributed by atoms with Gasteiger partial charge in [-0.1, -0.05) is 57.9 Å². The molecule has 3 amide bonds. The Hall–Kier alpha value is -3.41. The van der Waals surface area contributed by atoms with Crippen LogP contribution in [0.3, 0.4) is 0 Å². The minimum atomic E-state index is -3.93. The summed E-state index contributed by atoms with van der Waals surface area (Å²) in [5.41, 5.74) is 0.370. The lowest BCUT2D eigenvalue weighted by Gasteiger charge is -2.30. The smallest absolute Gasteiger partial charge is 0.293 e. The summed E-state index contributed by atoms with van der Waals surface area (Å²) in [5, 5.41) is 6.27. The number of carbonyl (C=O) groups is 4. The molecular weight excluding hydrogens is 596 g/mol. The van der Waals surface area contributed by atoms with E-state index in [1.165, 1.54) is 4.90 Å². The first kappa shape index (κ1) is 33.0. The highest BCUT2D eigenvalue weighted by atomic mass is 32.2. The standard InChI is InChI=1S/C33H46N4O7S/c1-31(2,3)22-12-10-13-24(17-22)34-26-14-9-7-5-6-8-11-23-19-33(23,30(41)36-45(42,43)32(4)15-16-32)35-28(39)27-18-25(44-21-38)20-37(27)29(26)40/h8,10-13,17,21,23,25-27,34H,5-7,9,14-16,18-20H2,1-4H3,(H,35,39)(H,36,41)/b11-8-/t23-,25-,26+,27+,33-/m1/s1. The number of hydrogen-bond donors (Lipinski definition) is 3. The Labute approximate surface area is 266 Å². The van der Waals surface area contributed by atoms with Crippen LogP contribution in [0.15, 0.2) is 36.4 Å². The molecule has 45 heavy (non-hydrogen) atoms. The summed E-state index contributed by atoms with van der Waals surface area (Å²) >= 11 is 0. The number of rotatable bonds is 7. The van der Waals surface area contributed by atoms with Crippen molar-refractivity contribution >= 4 is 39.9 Å². The SMILES string of the molecule is CC(C)(C)c1cccc(N[C@H]2CCCCC/C=C\[C@@H]3C[C@@]3(C(=O)NS(=O)(=O)C3(C)CC3)NC(=O)[C@@H]3C[C@@H](OC=O)CN3C2=O)c1. The summed E-state index contributed by atoms with van der Waals surface area (Å²) in [6.07, 6.45) is 8.25. The van der Waals surface area contributed by atoms with Gasteiger partial charge in [0, 0.05) is 18.0 Å². The number of benzene rings is 1. The van der Waals surface area contributed by atoms with Gasteiger partial charge in [-0.3, -0.25) is 23.9 Å². The van der Waals surface area contributed by atoms with E-state index in [2.05, 4.69) is 36.1 Å². The molecule has 12 heteroatoms. The lowest BCUT2D eigenvalue weighted by molar-refractivity contribution is -0.140. The van der Waals surface area contributed by atoms with Crippen LogP contribution in [0.1, 0.15) is 91.0 Å². The Morgan fingerprint density at radius 2 is 1.91 bits per heavy atom. The zero-order chi connectivity index (χ0) is 32.6. The number of sulfonamides is 1. The van der Waals surface area contributed by atoms with Crippen LogP contribution in [0, 0.1) is 5.92 Å². The van der Waals surface area contributed by atoms with Crippen LogP contribution in [-0.4, -0.2) is 72.5 Å². The predicted octanol–water partition coefficient (Wildman–Crippen LogP) is 3.30. The number of amides is 3. The van der Waals surface area contributed by atoms with E-state index in [4.69, 9.17) is 4.74 Å². The van der Waals surface area contributed by atoms with Crippen molar-refractivity contribution < 1.29 is 32.3 Å². The molecule has 11 nitrogen and oxygen atoms in total. The molecule has 3 N–H and O–H groups in total. The van der Waals surface area contributed by atoms with Gasteiger partial charge in [-0.2, -0.15) is 0 Å². The molecule has 5 atom stereocenters. The second-order valence-electron chi connectivity index (χ2n) is 14.3. The molecule has 1 saturated heterocycles. The van der Waals surface area contributed by atoms with Crippen molar-refractivity contribution in [2.24, 2.45) is 5.92 Å². The van der Waals surface area contributed by atoms with Crippen molar-refractivity contribution in [3.8, 4) is 0 Å². The summed E-state index contributed by atoms with van der Waals surface area (Å²) in [6, 6.07) is 6.30. The highest BCUT2D eigenvalue weighted by Crippen LogP contribution is 2.47. The molecule has 0 unspecified atom stereocenters. The summed E-state index contributed by atoms with van der Waals surface area (Å²) < 4.78 is 32.4. The molecule has 0 spiro atoms. The number of allylic oxidation sites excluding steroid dienone is 1. The summed E-state index contributed by atoms with van der Waals surface area (Å²) in [5.74, 6) is -2.02. The molecule has 0 aromatic heterocycles.